The summed E-state index contributed by atoms with van der Waals surface area (Å²) < 4.78 is 5.17. The molecule has 2 aliphatic rings. The van der Waals surface area contributed by atoms with Crippen molar-refractivity contribution >= 4 is 18.2 Å². The Balaban J connectivity index is 1.78. The molecule has 3 rings (SSSR count). The molecule has 0 saturated carbocycles. The molecule has 0 aromatic heterocycles. The molecule has 3 N–H and O–H groups in total. The zero-order chi connectivity index (χ0) is 18.9. The third kappa shape index (κ3) is 3.01. The summed E-state index contributed by atoms with van der Waals surface area (Å²) >= 11 is 0. The smallest absolute Gasteiger partial charge is 0.251 e. The van der Waals surface area contributed by atoms with E-state index in [2.05, 4.69) is 4.99 Å². The standard InChI is InChI=1S/C18H24N4O4/c1-12(23)15(16(19)24)22-10-18(17(22)25)7-8-20-11-21(18)9-13-3-5-14(26-2)6-4-13/h3-6,11-12,15,23H,7-10H2,1-2H3,(H2,19,24)/t12-,15+,18?/m1/s1. The number of ether oxygens (including phenoxy) is 1. The van der Waals surface area contributed by atoms with Gasteiger partial charge in [0.25, 0.3) is 5.91 Å². The molecule has 0 aliphatic carbocycles. The molecule has 2 heterocycles. The minimum absolute atomic E-state index is 0.193. The number of carbonyl (C=O) groups is 2. The Labute approximate surface area is 152 Å². The molecule has 3 atom stereocenters. The highest BCUT2D eigenvalue weighted by atomic mass is 16.5. The molecule has 8 nitrogen and oxygen atoms in total. The molecule has 2 amide bonds. The van der Waals surface area contributed by atoms with Crippen LogP contribution < -0.4 is 10.5 Å². The van der Waals surface area contributed by atoms with Gasteiger partial charge in [-0.2, -0.15) is 0 Å². The summed E-state index contributed by atoms with van der Waals surface area (Å²) in [5.41, 5.74) is 5.66. The first-order chi connectivity index (χ1) is 12.4. The van der Waals surface area contributed by atoms with Crippen LogP contribution in [0.25, 0.3) is 0 Å². The highest BCUT2D eigenvalue weighted by Gasteiger charge is 2.59. The van der Waals surface area contributed by atoms with E-state index in [1.54, 1.807) is 13.4 Å². The van der Waals surface area contributed by atoms with E-state index in [1.807, 2.05) is 29.2 Å². The van der Waals surface area contributed by atoms with Gasteiger partial charge in [0, 0.05) is 19.5 Å². The lowest BCUT2D eigenvalue weighted by Crippen LogP contribution is -2.78. The fraction of sp³-hybridized carbons (Fsp3) is 0.500. The summed E-state index contributed by atoms with van der Waals surface area (Å²) in [7, 11) is 1.61. The Morgan fingerprint density at radius 3 is 2.65 bits per heavy atom. The molecule has 1 saturated heterocycles. The molecule has 26 heavy (non-hydrogen) atoms. The van der Waals surface area contributed by atoms with E-state index in [9.17, 15) is 14.7 Å². The summed E-state index contributed by atoms with van der Waals surface area (Å²) in [6, 6.07) is 6.62. The number of amides is 2. The van der Waals surface area contributed by atoms with E-state index in [1.165, 1.54) is 11.8 Å². The molecule has 2 aliphatic heterocycles. The second-order valence-electron chi connectivity index (χ2n) is 6.80. The highest BCUT2D eigenvalue weighted by molar-refractivity contribution is 5.98. The van der Waals surface area contributed by atoms with Crippen molar-refractivity contribution < 1.29 is 19.4 Å². The lowest BCUT2D eigenvalue weighted by molar-refractivity contribution is -0.172. The quantitative estimate of drug-likeness (QED) is 0.680. The number of nitrogens with zero attached hydrogens (tertiary/aromatic N) is 3. The molecule has 1 spiro atoms. The summed E-state index contributed by atoms with van der Waals surface area (Å²) in [4.78, 5) is 32.2. The van der Waals surface area contributed by atoms with Crippen LogP contribution in [-0.2, 0) is 16.1 Å². The average molecular weight is 360 g/mol. The van der Waals surface area contributed by atoms with Gasteiger partial charge >= 0.3 is 0 Å². The van der Waals surface area contributed by atoms with Crippen molar-refractivity contribution in [3.63, 3.8) is 0 Å². The van der Waals surface area contributed by atoms with Gasteiger partial charge in [-0.05, 0) is 24.6 Å². The number of aliphatic imine (C=N–C) groups is 1. The average Bonchev–Trinajstić information content (AvgIpc) is 2.62. The van der Waals surface area contributed by atoms with Crippen LogP contribution in [-0.4, -0.2) is 70.9 Å². The van der Waals surface area contributed by atoms with Crippen molar-refractivity contribution in [1.29, 1.82) is 0 Å². The second-order valence-corrected chi connectivity index (χ2v) is 6.80. The van der Waals surface area contributed by atoms with Crippen LogP contribution in [0.2, 0.25) is 0 Å². The topological polar surface area (TPSA) is 108 Å². The largest absolute Gasteiger partial charge is 0.497 e. The number of primary amides is 1. The van der Waals surface area contributed by atoms with Crippen LogP contribution in [0.4, 0.5) is 0 Å². The Morgan fingerprint density at radius 1 is 1.42 bits per heavy atom. The summed E-state index contributed by atoms with van der Waals surface area (Å²) in [6.45, 7) is 2.87. The highest BCUT2D eigenvalue weighted by Crippen LogP contribution is 2.37. The molecule has 140 valence electrons. The molecule has 1 aromatic carbocycles. The fourth-order valence-corrected chi connectivity index (χ4v) is 3.65. The molecule has 0 radical (unpaired) electrons. The maximum absolute atomic E-state index is 13.0. The number of carbonyl (C=O) groups excluding carboxylic acids is 2. The van der Waals surface area contributed by atoms with Crippen molar-refractivity contribution in [3.8, 4) is 5.75 Å². The normalized spacial score (nSPS) is 24.3. The second kappa shape index (κ2) is 6.95. The van der Waals surface area contributed by atoms with Gasteiger partial charge in [0.15, 0.2) is 0 Å². The zero-order valence-corrected chi connectivity index (χ0v) is 15.0. The van der Waals surface area contributed by atoms with Gasteiger partial charge in [-0.1, -0.05) is 12.1 Å². The van der Waals surface area contributed by atoms with Crippen LogP contribution in [0.15, 0.2) is 29.3 Å². The Kier molecular flexibility index (Phi) is 4.86. The number of hydrogen-bond acceptors (Lipinski definition) is 6. The summed E-state index contributed by atoms with van der Waals surface area (Å²) in [6.07, 6.45) is 1.26. The fourth-order valence-electron chi connectivity index (χ4n) is 3.65. The summed E-state index contributed by atoms with van der Waals surface area (Å²) in [5, 5.41) is 9.83. The van der Waals surface area contributed by atoms with Crippen LogP contribution in [0, 0.1) is 0 Å². The van der Waals surface area contributed by atoms with Crippen molar-refractivity contribution in [1.82, 2.24) is 9.80 Å². The molecular formula is C18H24N4O4. The van der Waals surface area contributed by atoms with E-state index in [0.717, 1.165) is 11.3 Å². The van der Waals surface area contributed by atoms with Crippen molar-refractivity contribution in [3.05, 3.63) is 29.8 Å². The van der Waals surface area contributed by atoms with Crippen molar-refractivity contribution in [2.24, 2.45) is 10.7 Å². The van der Waals surface area contributed by atoms with E-state index < -0.39 is 23.6 Å². The maximum atomic E-state index is 13.0. The van der Waals surface area contributed by atoms with Gasteiger partial charge in [0.2, 0.25) is 5.91 Å². The number of rotatable bonds is 6. The lowest BCUT2D eigenvalue weighted by atomic mass is 9.80. The number of β-lactam (4-membered cyclic amide) rings is 1. The van der Waals surface area contributed by atoms with Crippen LogP contribution >= 0.6 is 0 Å². The van der Waals surface area contributed by atoms with Crippen LogP contribution in [0.5, 0.6) is 5.75 Å². The first-order valence-electron chi connectivity index (χ1n) is 8.57. The van der Waals surface area contributed by atoms with E-state index in [-0.39, 0.29) is 5.91 Å². The molecule has 0 bridgehead atoms. The zero-order valence-electron chi connectivity index (χ0n) is 15.0. The molecule has 1 aromatic rings. The Morgan fingerprint density at radius 2 is 2.12 bits per heavy atom. The number of methoxy groups -OCH3 is 1. The van der Waals surface area contributed by atoms with Crippen LogP contribution in [0.1, 0.15) is 18.9 Å². The van der Waals surface area contributed by atoms with Gasteiger partial charge in [-0.25, -0.2) is 0 Å². The lowest BCUT2D eigenvalue weighted by Gasteiger charge is -2.57. The third-order valence-corrected chi connectivity index (χ3v) is 5.11. The minimum Gasteiger partial charge on any atom is -0.497 e. The molecule has 1 unspecified atom stereocenters. The van der Waals surface area contributed by atoms with E-state index in [4.69, 9.17) is 10.5 Å². The molecule has 8 heteroatoms. The van der Waals surface area contributed by atoms with Gasteiger partial charge in [-0.3, -0.25) is 14.6 Å². The van der Waals surface area contributed by atoms with Gasteiger partial charge in [0.05, 0.1) is 26.1 Å². The SMILES string of the molecule is COc1ccc(CN2C=NCCC23CN([C@H](C(N)=O)[C@@H](C)O)C3=O)cc1. The predicted molar refractivity (Wildman–Crippen MR) is 95.6 cm³/mol. The minimum atomic E-state index is -1.01. The maximum Gasteiger partial charge on any atom is 0.251 e. The van der Waals surface area contributed by atoms with Gasteiger partial charge in [0.1, 0.15) is 17.3 Å². The van der Waals surface area contributed by atoms with Gasteiger partial charge < -0.3 is 25.4 Å². The number of aliphatic hydroxyl groups is 1. The van der Waals surface area contributed by atoms with Crippen molar-refractivity contribution in [2.75, 3.05) is 20.2 Å². The van der Waals surface area contributed by atoms with Crippen molar-refractivity contribution in [2.45, 2.75) is 37.6 Å². The Bertz CT molecular complexity index is 718. The number of likely N-dealkylation sites (tertiary alicyclic amines) is 1. The third-order valence-electron chi connectivity index (χ3n) is 5.11. The first kappa shape index (κ1) is 18.2. The number of nitrogens with two attached hydrogens (primary N) is 1. The summed E-state index contributed by atoms with van der Waals surface area (Å²) in [5.74, 6) is -0.126. The predicted octanol–water partition coefficient (Wildman–Crippen LogP) is -0.255. The molecular weight excluding hydrogens is 336 g/mol. The number of benzene rings is 1. The van der Waals surface area contributed by atoms with E-state index in [0.29, 0.717) is 26.1 Å². The molecule has 1 fully saturated rings. The van der Waals surface area contributed by atoms with Crippen LogP contribution in [0.3, 0.4) is 0 Å². The first-order valence-corrected chi connectivity index (χ1v) is 8.57. The Hall–Kier alpha value is -2.61. The van der Waals surface area contributed by atoms with E-state index >= 15 is 0 Å². The number of hydrogen-bond donors (Lipinski definition) is 2. The monoisotopic (exact) mass is 360 g/mol. The van der Waals surface area contributed by atoms with Gasteiger partial charge in [-0.15, -0.1) is 0 Å². The number of aliphatic hydroxyl groups excluding tert-OH is 1.